The topological polar surface area (TPSA) is 29.5 Å². The van der Waals surface area contributed by atoms with Crippen LogP contribution in [0, 0.1) is 0 Å². The van der Waals surface area contributed by atoms with Crippen molar-refractivity contribution in [2.45, 2.75) is 38.0 Å². The van der Waals surface area contributed by atoms with E-state index < -0.39 is 0 Å². The molecule has 11 aromatic rings. The summed E-state index contributed by atoms with van der Waals surface area (Å²) in [5.41, 5.74) is 15.5. The Bertz CT molecular complexity index is 3410. The molecular weight excluding hydrogens is 743 g/mol. The van der Waals surface area contributed by atoms with E-state index in [1.165, 1.54) is 59.6 Å². The number of hydrogen-bond donors (Lipinski definition) is 0. The van der Waals surface area contributed by atoms with Crippen molar-refractivity contribution in [2.24, 2.45) is 0 Å². The van der Waals surface area contributed by atoms with Gasteiger partial charge in [-0.25, -0.2) is 0 Å². The Morgan fingerprint density at radius 1 is 0.377 bits per heavy atom. The fourth-order valence-electron chi connectivity index (χ4n) is 10.2. The van der Waals surface area contributed by atoms with Gasteiger partial charge >= 0.3 is 0 Å². The minimum absolute atomic E-state index is 0.576. The van der Waals surface area contributed by atoms with Gasteiger partial charge in [-0.15, -0.1) is 0 Å². The van der Waals surface area contributed by atoms with Crippen molar-refractivity contribution < 1.29 is 8.83 Å². The molecule has 0 saturated heterocycles. The van der Waals surface area contributed by atoms with Crippen molar-refractivity contribution in [3.63, 3.8) is 0 Å². The molecule has 12 rings (SSSR count). The van der Waals surface area contributed by atoms with Gasteiger partial charge in [0.1, 0.15) is 22.3 Å². The molecule has 0 radical (unpaired) electrons. The Morgan fingerprint density at radius 2 is 1.00 bits per heavy atom. The van der Waals surface area contributed by atoms with Crippen LogP contribution in [-0.2, 0) is 0 Å². The minimum Gasteiger partial charge on any atom is -0.456 e. The van der Waals surface area contributed by atoms with Crippen LogP contribution in [0.5, 0.6) is 0 Å². The second-order valence-corrected chi connectivity index (χ2v) is 16.6. The van der Waals surface area contributed by atoms with E-state index in [0.717, 1.165) is 83.2 Å². The zero-order chi connectivity index (χ0) is 40.3. The summed E-state index contributed by atoms with van der Waals surface area (Å²) in [4.78, 5) is 2.45. The molecule has 1 aliphatic rings. The van der Waals surface area contributed by atoms with Crippen molar-refractivity contribution >= 4 is 71.7 Å². The van der Waals surface area contributed by atoms with Crippen LogP contribution in [0.25, 0.3) is 88.0 Å². The lowest BCUT2D eigenvalue weighted by Gasteiger charge is -2.29. The third-order valence-electron chi connectivity index (χ3n) is 13.1. The molecule has 0 unspecified atom stereocenters. The first-order chi connectivity index (χ1) is 30.2. The molecule has 0 aliphatic heterocycles. The monoisotopic (exact) mass is 785 g/mol. The van der Waals surface area contributed by atoms with Crippen molar-refractivity contribution in [3.05, 3.63) is 200 Å². The summed E-state index contributed by atoms with van der Waals surface area (Å²) in [6.45, 7) is 0. The number of anilines is 3. The molecule has 2 heterocycles. The maximum absolute atomic E-state index is 6.30. The van der Waals surface area contributed by atoms with Crippen molar-refractivity contribution in [1.29, 1.82) is 0 Å². The number of furan rings is 2. The predicted octanol–water partition coefficient (Wildman–Crippen LogP) is 17.2. The molecule has 9 aromatic carbocycles. The lowest BCUT2D eigenvalue weighted by molar-refractivity contribution is 0.445. The highest BCUT2D eigenvalue weighted by atomic mass is 16.3. The number of hydrogen-bond acceptors (Lipinski definition) is 3. The van der Waals surface area contributed by atoms with E-state index in [2.05, 4.69) is 181 Å². The van der Waals surface area contributed by atoms with E-state index in [9.17, 15) is 0 Å². The quantitative estimate of drug-likeness (QED) is 0.161. The van der Waals surface area contributed by atoms with Gasteiger partial charge in [-0.2, -0.15) is 0 Å². The van der Waals surface area contributed by atoms with Crippen LogP contribution in [0.15, 0.2) is 203 Å². The smallest absolute Gasteiger partial charge is 0.136 e. The Kier molecular flexibility index (Phi) is 8.59. The Hall–Kier alpha value is -7.36. The van der Waals surface area contributed by atoms with Gasteiger partial charge in [-0.05, 0) is 124 Å². The van der Waals surface area contributed by atoms with Gasteiger partial charge in [0.2, 0.25) is 0 Å². The summed E-state index contributed by atoms with van der Waals surface area (Å²) in [5, 5.41) is 7.22. The minimum atomic E-state index is 0.576. The molecule has 0 bridgehead atoms. The van der Waals surface area contributed by atoms with E-state index in [1.54, 1.807) is 0 Å². The van der Waals surface area contributed by atoms with Gasteiger partial charge < -0.3 is 13.7 Å². The number of nitrogens with zero attached hydrogens (tertiary/aromatic N) is 1. The Labute approximate surface area is 355 Å². The second kappa shape index (κ2) is 14.7. The molecule has 3 heteroatoms. The average Bonchev–Trinajstić information content (AvgIpc) is 3.90. The third-order valence-corrected chi connectivity index (χ3v) is 13.1. The normalized spacial score (nSPS) is 13.5. The van der Waals surface area contributed by atoms with Crippen molar-refractivity contribution in [2.75, 3.05) is 4.90 Å². The summed E-state index contributed by atoms with van der Waals surface area (Å²) in [6, 6.07) is 70.4. The first kappa shape index (κ1) is 35.6. The summed E-state index contributed by atoms with van der Waals surface area (Å²) in [7, 11) is 0. The van der Waals surface area contributed by atoms with Crippen LogP contribution >= 0.6 is 0 Å². The molecule has 0 N–H and O–H groups in total. The lowest BCUT2D eigenvalue weighted by Crippen LogP contribution is -2.11. The van der Waals surface area contributed by atoms with Gasteiger partial charge in [0.25, 0.3) is 0 Å². The predicted molar refractivity (Wildman–Crippen MR) is 255 cm³/mol. The lowest BCUT2D eigenvalue weighted by atomic mass is 9.80. The van der Waals surface area contributed by atoms with Gasteiger partial charge in [-0.3, -0.25) is 0 Å². The average molecular weight is 786 g/mol. The molecule has 3 nitrogen and oxygen atoms in total. The molecule has 1 fully saturated rings. The maximum Gasteiger partial charge on any atom is 0.136 e. The summed E-state index contributed by atoms with van der Waals surface area (Å²) >= 11 is 0. The molecule has 2 aromatic heterocycles. The summed E-state index contributed by atoms with van der Waals surface area (Å²) < 4.78 is 12.5. The van der Waals surface area contributed by atoms with E-state index in [1.807, 2.05) is 18.2 Å². The van der Waals surface area contributed by atoms with E-state index in [0.29, 0.717) is 5.92 Å². The van der Waals surface area contributed by atoms with Crippen LogP contribution in [0.2, 0.25) is 0 Å². The molecule has 61 heavy (non-hydrogen) atoms. The van der Waals surface area contributed by atoms with E-state index in [4.69, 9.17) is 8.83 Å². The molecule has 1 saturated carbocycles. The number of rotatable bonds is 7. The van der Waals surface area contributed by atoms with Gasteiger partial charge in [0.15, 0.2) is 0 Å². The third kappa shape index (κ3) is 6.11. The SMILES string of the molecule is c1cc(-c2ccc3oc4ccccc4c3c2)cc(N(c2ccc(-c3cccc4oc5ccccc5c34)cc2)c2ccccc2-c2cccc3cccc(C4CCCCC4)c23)c1. The number of fused-ring (bicyclic) bond motifs is 7. The van der Waals surface area contributed by atoms with E-state index >= 15 is 0 Å². The molecule has 1 aliphatic carbocycles. The fraction of sp³-hybridized carbons (Fsp3) is 0.103. The first-order valence-corrected chi connectivity index (χ1v) is 21.7. The van der Waals surface area contributed by atoms with E-state index in [-0.39, 0.29) is 0 Å². The van der Waals surface area contributed by atoms with Crippen LogP contribution < -0.4 is 4.90 Å². The zero-order valence-electron chi connectivity index (χ0n) is 33.9. The standard InChI is InChI=1S/C58H43NO2/c1-2-14-38(15-3-1)45-23-11-16-40-17-12-25-49(57(40)45)47-20-4-7-26-52(47)59(43-33-30-39(31-34-43)46-24-13-29-56-58(46)50-22-6-9-28-54(50)61-56)44-19-10-18-41(36-44)42-32-35-55-51(37-42)48-21-5-8-27-53(48)60-55/h4-13,16-38H,1-3,14-15H2. The van der Waals surface area contributed by atoms with Crippen molar-refractivity contribution in [3.8, 4) is 33.4 Å². The highest BCUT2D eigenvalue weighted by Gasteiger charge is 2.23. The molecule has 0 atom stereocenters. The largest absolute Gasteiger partial charge is 0.456 e. The number of para-hydroxylation sites is 3. The summed E-state index contributed by atoms with van der Waals surface area (Å²) in [5.74, 6) is 0.576. The Morgan fingerprint density at radius 3 is 1.87 bits per heavy atom. The molecule has 0 spiro atoms. The second-order valence-electron chi connectivity index (χ2n) is 16.6. The van der Waals surface area contributed by atoms with Crippen LogP contribution in [-0.4, -0.2) is 0 Å². The van der Waals surface area contributed by atoms with Gasteiger partial charge in [-0.1, -0.05) is 153 Å². The highest BCUT2D eigenvalue weighted by molar-refractivity contribution is 6.12. The van der Waals surface area contributed by atoms with Gasteiger partial charge in [0, 0.05) is 38.5 Å². The first-order valence-electron chi connectivity index (χ1n) is 21.7. The maximum atomic E-state index is 6.30. The molecular formula is C58H43NO2. The molecule has 0 amide bonds. The zero-order valence-corrected chi connectivity index (χ0v) is 33.9. The van der Waals surface area contributed by atoms with Crippen molar-refractivity contribution in [1.82, 2.24) is 0 Å². The highest BCUT2D eigenvalue weighted by Crippen LogP contribution is 2.47. The van der Waals surface area contributed by atoms with Crippen LogP contribution in [0.1, 0.15) is 43.6 Å². The van der Waals surface area contributed by atoms with Crippen LogP contribution in [0.4, 0.5) is 17.1 Å². The Balaban J connectivity index is 1.04. The number of benzene rings is 9. The van der Waals surface area contributed by atoms with Crippen LogP contribution in [0.3, 0.4) is 0 Å². The molecule has 292 valence electrons. The summed E-state index contributed by atoms with van der Waals surface area (Å²) in [6.07, 6.45) is 6.44. The van der Waals surface area contributed by atoms with Gasteiger partial charge in [0.05, 0.1) is 5.69 Å². The fourth-order valence-corrected chi connectivity index (χ4v) is 10.2.